The first-order valence-corrected chi connectivity index (χ1v) is 4.73. The molecule has 0 aliphatic carbocycles. The second-order valence-electron chi connectivity index (χ2n) is 3.17. The van der Waals surface area contributed by atoms with Crippen molar-refractivity contribution in [3.05, 3.63) is 0 Å². The van der Waals surface area contributed by atoms with Crippen molar-refractivity contribution in [1.29, 1.82) is 0 Å². The molecule has 0 aliphatic heterocycles. The molecule has 0 aromatic rings. The quantitative estimate of drug-likeness (QED) is 0.523. The van der Waals surface area contributed by atoms with E-state index in [1.165, 1.54) is 0 Å². The van der Waals surface area contributed by atoms with Gasteiger partial charge in [-0.05, 0) is 0 Å². The number of nitrogens with one attached hydrogen (secondary N) is 1. The van der Waals surface area contributed by atoms with Gasteiger partial charge in [-0.3, -0.25) is 0 Å². The molecule has 0 saturated heterocycles. The Morgan fingerprint density at radius 1 is 1.29 bits per heavy atom. The molecule has 0 radical (unpaired) electrons. The third-order valence-electron chi connectivity index (χ3n) is 1.40. The van der Waals surface area contributed by atoms with Crippen LogP contribution in [0.3, 0.4) is 0 Å². The highest BCUT2D eigenvalue weighted by Crippen LogP contribution is 1.80. The van der Waals surface area contributed by atoms with Gasteiger partial charge in [-0.15, -0.1) is 0 Å². The van der Waals surface area contributed by atoms with Crippen molar-refractivity contribution in [2.24, 2.45) is 0 Å². The molecule has 0 fully saturated rings. The topological polar surface area (TPSA) is 67.8 Å². The molecule has 84 valence electrons. The van der Waals surface area contributed by atoms with Crippen LogP contribution in [0.5, 0.6) is 0 Å². The van der Waals surface area contributed by atoms with Crippen LogP contribution in [-0.2, 0) is 14.3 Å². The van der Waals surface area contributed by atoms with E-state index in [9.17, 15) is 4.79 Å². The lowest BCUT2D eigenvalue weighted by Crippen LogP contribution is -2.27. The summed E-state index contributed by atoms with van der Waals surface area (Å²) in [5, 5.41) is 11.4. The van der Waals surface area contributed by atoms with Gasteiger partial charge in [0, 0.05) is 12.6 Å². The van der Waals surface area contributed by atoms with Crippen molar-refractivity contribution in [3.63, 3.8) is 0 Å². The predicted octanol–water partition coefficient (Wildman–Crippen LogP) is 0.102. The number of aliphatic carboxylic acids is 1. The Labute approximate surface area is 84.4 Å². The zero-order valence-electron chi connectivity index (χ0n) is 8.78. The first kappa shape index (κ1) is 13.4. The van der Waals surface area contributed by atoms with Crippen LogP contribution in [0.15, 0.2) is 0 Å². The lowest BCUT2D eigenvalue weighted by molar-refractivity contribution is -0.142. The number of hydrogen-bond donors (Lipinski definition) is 2. The molecule has 0 atom stereocenters. The maximum absolute atomic E-state index is 10.0. The summed E-state index contributed by atoms with van der Waals surface area (Å²) in [5.74, 6) is -0.952. The van der Waals surface area contributed by atoms with Crippen LogP contribution in [0, 0.1) is 0 Å². The lowest BCUT2D eigenvalue weighted by atomic mass is 10.4. The average Bonchev–Trinajstić information content (AvgIpc) is 2.08. The maximum Gasteiger partial charge on any atom is 0.329 e. The van der Waals surface area contributed by atoms with Gasteiger partial charge in [0.05, 0.1) is 19.8 Å². The van der Waals surface area contributed by atoms with E-state index < -0.39 is 5.97 Å². The van der Waals surface area contributed by atoms with E-state index in [2.05, 4.69) is 19.2 Å². The molecule has 0 aliphatic rings. The van der Waals surface area contributed by atoms with Crippen LogP contribution in [-0.4, -0.2) is 50.1 Å². The zero-order valence-corrected chi connectivity index (χ0v) is 8.78. The highest BCUT2D eigenvalue weighted by molar-refractivity contribution is 5.67. The molecule has 0 heterocycles. The Kier molecular flexibility index (Phi) is 8.51. The predicted molar refractivity (Wildman–Crippen MR) is 52.4 cm³/mol. The Bertz CT molecular complexity index is 150. The lowest BCUT2D eigenvalue weighted by Gasteiger charge is -2.08. The van der Waals surface area contributed by atoms with Gasteiger partial charge in [0.25, 0.3) is 0 Å². The number of carboxylic acid groups (broad SMARTS) is 1. The molecular formula is C9H19NO4. The third kappa shape index (κ3) is 11.4. The van der Waals surface area contributed by atoms with Crippen molar-refractivity contribution >= 4 is 5.97 Å². The van der Waals surface area contributed by atoms with E-state index in [1.54, 1.807) is 0 Å². The third-order valence-corrected chi connectivity index (χ3v) is 1.40. The van der Waals surface area contributed by atoms with E-state index >= 15 is 0 Å². The van der Waals surface area contributed by atoms with Crippen molar-refractivity contribution in [2.75, 3.05) is 33.0 Å². The number of hydrogen-bond acceptors (Lipinski definition) is 4. The largest absolute Gasteiger partial charge is 0.480 e. The standard InChI is InChI=1S/C9H19NO4/c1-8(2)10-3-4-13-5-6-14-7-9(11)12/h8,10H,3-7H2,1-2H3,(H,11,12). The van der Waals surface area contributed by atoms with Gasteiger partial charge in [0.2, 0.25) is 0 Å². The highest BCUT2D eigenvalue weighted by Gasteiger charge is 1.96. The summed E-state index contributed by atoms with van der Waals surface area (Å²) >= 11 is 0. The molecule has 0 rings (SSSR count). The summed E-state index contributed by atoms with van der Waals surface area (Å²) in [7, 11) is 0. The minimum Gasteiger partial charge on any atom is -0.480 e. The Balaban J connectivity index is 2.96. The van der Waals surface area contributed by atoms with E-state index in [1.807, 2.05) is 0 Å². The SMILES string of the molecule is CC(C)NCCOCCOCC(=O)O. The maximum atomic E-state index is 10.0. The molecule has 0 aromatic heterocycles. The molecule has 0 unspecified atom stereocenters. The Hall–Kier alpha value is -0.650. The molecule has 0 saturated carbocycles. The molecule has 0 amide bonds. The molecule has 5 nitrogen and oxygen atoms in total. The monoisotopic (exact) mass is 205 g/mol. The van der Waals surface area contributed by atoms with E-state index in [4.69, 9.17) is 14.6 Å². The fourth-order valence-electron chi connectivity index (χ4n) is 0.799. The van der Waals surface area contributed by atoms with Crippen molar-refractivity contribution in [2.45, 2.75) is 19.9 Å². The van der Waals surface area contributed by atoms with Gasteiger partial charge in [-0.1, -0.05) is 13.8 Å². The van der Waals surface area contributed by atoms with Gasteiger partial charge in [0.15, 0.2) is 0 Å². The summed E-state index contributed by atoms with van der Waals surface area (Å²) in [6.45, 7) is 6.06. The minimum absolute atomic E-state index is 0.256. The smallest absolute Gasteiger partial charge is 0.329 e. The average molecular weight is 205 g/mol. The molecule has 2 N–H and O–H groups in total. The highest BCUT2D eigenvalue weighted by atomic mass is 16.5. The minimum atomic E-state index is -0.952. The van der Waals surface area contributed by atoms with E-state index in [-0.39, 0.29) is 6.61 Å². The zero-order chi connectivity index (χ0) is 10.8. The first-order chi connectivity index (χ1) is 6.63. The molecule has 14 heavy (non-hydrogen) atoms. The van der Waals surface area contributed by atoms with Crippen LogP contribution in [0.1, 0.15) is 13.8 Å². The van der Waals surface area contributed by atoms with Crippen molar-refractivity contribution in [3.8, 4) is 0 Å². The summed E-state index contributed by atoms with van der Waals surface area (Å²) in [4.78, 5) is 10.0. The number of ether oxygens (including phenoxy) is 2. The van der Waals surface area contributed by atoms with Crippen molar-refractivity contribution in [1.82, 2.24) is 5.32 Å². The van der Waals surface area contributed by atoms with Gasteiger partial charge in [0.1, 0.15) is 6.61 Å². The fourth-order valence-corrected chi connectivity index (χ4v) is 0.799. The Morgan fingerprint density at radius 2 is 1.93 bits per heavy atom. The van der Waals surface area contributed by atoms with Crippen LogP contribution < -0.4 is 5.32 Å². The molecular weight excluding hydrogens is 186 g/mol. The van der Waals surface area contributed by atoms with E-state index in [0.29, 0.717) is 25.9 Å². The summed E-state index contributed by atoms with van der Waals surface area (Å²) in [6, 6.07) is 0.460. The van der Waals surface area contributed by atoms with Crippen LogP contribution in [0.4, 0.5) is 0 Å². The molecule has 5 heteroatoms. The van der Waals surface area contributed by atoms with Gasteiger partial charge >= 0.3 is 5.97 Å². The van der Waals surface area contributed by atoms with Gasteiger partial charge in [-0.25, -0.2) is 4.79 Å². The van der Waals surface area contributed by atoms with Crippen LogP contribution in [0.25, 0.3) is 0 Å². The summed E-state index contributed by atoms with van der Waals surface area (Å²) < 4.78 is 9.96. The normalized spacial score (nSPS) is 10.8. The molecule has 0 bridgehead atoms. The number of carbonyl (C=O) groups is 1. The summed E-state index contributed by atoms with van der Waals surface area (Å²) in [6.07, 6.45) is 0. The van der Waals surface area contributed by atoms with Gasteiger partial charge < -0.3 is 19.9 Å². The van der Waals surface area contributed by atoms with Gasteiger partial charge in [-0.2, -0.15) is 0 Å². The second kappa shape index (κ2) is 8.93. The van der Waals surface area contributed by atoms with Crippen molar-refractivity contribution < 1.29 is 19.4 Å². The first-order valence-electron chi connectivity index (χ1n) is 4.73. The molecule has 0 spiro atoms. The number of rotatable bonds is 9. The van der Waals surface area contributed by atoms with Crippen LogP contribution >= 0.6 is 0 Å². The fraction of sp³-hybridized carbons (Fsp3) is 0.889. The second-order valence-corrected chi connectivity index (χ2v) is 3.17. The summed E-state index contributed by atoms with van der Waals surface area (Å²) in [5.41, 5.74) is 0. The van der Waals surface area contributed by atoms with Crippen LogP contribution in [0.2, 0.25) is 0 Å². The Morgan fingerprint density at radius 3 is 2.50 bits per heavy atom. The van der Waals surface area contributed by atoms with E-state index in [0.717, 1.165) is 6.54 Å². The molecule has 0 aromatic carbocycles. The number of carboxylic acids is 1.